The molecule has 3 nitrogen and oxygen atoms in total. The second kappa shape index (κ2) is 7.54. The van der Waals surface area contributed by atoms with E-state index in [1.807, 2.05) is 17.8 Å². The van der Waals surface area contributed by atoms with Gasteiger partial charge in [0.05, 0.1) is 13.2 Å². The number of hydrogen-bond acceptors (Lipinski definition) is 4. The zero-order valence-electron chi connectivity index (χ0n) is 10.9. The van der Waals surface area contributed by atoms with Gasteiger partial charge in [0, 0.05) is 11.3 Å². The Morgan fingerprint density at radius 1 is 1.22 bits per heavy atom. The van der Waals surface area contributed by atoms with Crippen molar-refractivity contribution in [1.29, 1.82) is 0 Å². The van der Waals surface area contributed by atoms with Gasteiger partial charge in [-0.3, -0.25) is 0 Å². The first-order chi connectivity index (χ1) is 8.90. The number of thioether (sulfide) groups is 1. The minimum Gasteiger partial charge on any atom is -0.490 e. The fourth-order valence-electron chi connectivity index (χ4n) is 1.80. The quantitative estimate of drug-likeness (QED) is 0.634. The summed E-state index contributed by atoms with van der Waals surface area (Å²) in [6, 6.07) is 6.23. The Hall–Kier alpha value is -0.870. The fraction of sp³-hybridized carbons (Fsp3) is 0.571. The highest BCUT2D eigenvalue weighted by atomic mass is 32.2. The van der Waals surface area contributed by atoms with E-state index in [1.54, 1.807) is 0 Å². The van der Waals surface area contributed by atoms with Gasteiger partial charge >= 0.3 is 0 Å². The second-order valence-corrected chi connectivity index (χ2v) is 5.38. The largest absolute Gasteiger partial charge is 0.490 e. The molecule has 1 aromatic rings. The maximum Gasteiger partial charge on any atom is 0.162 e. The highest BCUT2D eigenvalue weighted by Crippen LogP contribution is 2.33. The standard InChI is InChI=1S/C14H21NO2S/c1-2-15-7-3-10-18-12-5-6-13-14(11-12)17-9-4-8-16-13/h5-6,11,15H,2-4,7-10H2,1H3. The summed E-state index contributed by atoms with van der Waals surface area (Å²) in [7, 11) is 0. The minimum atomic E-state index is 0.752. The van der Waals surface area contributed by atoms with Crippen molar-refractivity contribution in [3.63, 3.8) is 0 Å². The van der Waals surface area contributed by atoms with Gasteiger partial charge < -0.3 is 14.8 Å². The molecule has 1 aliphatic heterocycles. The van der Waals surface area contributed by atoms with E-state index in [2.05, 4.69) is 24.4 Å². The van der Waals surface area contributed by atoms with Gasteiger partial charge in [-0.25, -0.2) is 0 Å². The first-order valence-corrected chi connectivity index (χ1v) is 7.62. The maximum atomic E-state index is 5.68. The van der Waals surface area contributed by atoms with Crippen molar-refractivity contribution in [1.82, 2.24) is 5.32 Å². The summed E-state index contributed by atoms with van der Waals surface area (Å²) in [4.78, 5) is 1.26. The number of ether oxygens (including phenoxy) is 2. The van der Waals surface area contributed by atoms with E-state index in [1.165, 1.54) is 11.3 Å². The Morgan fingerprint density at radius 3 is 2.89 bits per heavy atom. The lowest BCUT2D eigenvalue weighted by atomic mass is 10.3. The van der Waals surface area contributed by atoms with E-state index in [0.29, 0.717) is 0 Å². The smallest absolute Gasteiger partial charge is 0.162 e. The van der Waals surface area contributed by atoms with Crippen molar-refractivity contribution < 1.29 is 9.47 Å². The molecule has 0 spiro atoms. The Labute approximate surface area is 113 Å². The summed E-state index contributed by atoms with van der Waals surface area (Å²) < 4.78 is 11.3. The third kappa shape index (κ3) is 4.10. The molecule has 0 atom stereocenters. The molecule has 1 N–H and O–H groups in total. The van der Waals surface area contributed by atoms with Crippen LogP contribution < -0.4 is 14.8 Å². The zero-order chi connectivity index (χ0) is 12.6. The normalized spacial score (nSPS) is 14.3. The third-order valence-electron chi connectivity index (χ3n) is 2.74. The molecule has 0 unspecified atom stereocenters. The minimum absolute atomic E-state index is 0.752. The van der Waals surface area contributed by atoms with Gasteiger partial charge in [0.1, 0.15) is 0 Å². The van der Waals surface area contributed by atoms with Crippen LogP contribution in [0.3, 0.4) is 0 Å². The van der Waals surface area contributed by atoms with Crippen molar-refractivity contribution in [3.8, 4) is 11.5 Å². The summed E-state index contributed by atoms with van der Waals surface area (Å²) >= 11 is 1.87. The number of benzene rings is 1. The van der Waals surface area contributed by atoms with Crippen LogP contribution in [0.5, 0.6) is 11.5 Å². The molecule has 0 radical (unpaired) electrons. The molecule has 2 rings (SSSR count). The fourth-order valence-corrected chi connectivity index (χ4v) is 2.68. The predicted molar refractivity (Wildman–Crippen MR) is 75.9 cm³/mol. The molecule has 1 heterocycles. The lowest BCUT2D eigenvalue weighted by Crippen LogP contribution is -2.14. The SMILES string of the molecule is CCNCCCSc1ccc2c(c1)OCCCO2. The lowest BCUT2D eigenvalue weighted by molar-refractivity contribution is 0.297. The highest BCUT2D eigenvalue weighted by Gasteiger charge is 2.10. The first kappa shape index (κ1) is 13.6. The molecule has 0 aromatic heterocycles. The molecular formula is C14H21NO2S. The van der Waals surface area contributed by atoms with Gasteiger partial charge in [-0.05, 0) is 43.5 Å². The number of hydrogen-bond donors (Lipinski definition) is 1. The summed E-state index contributed by atoms with van der Waals surface area (Å²) in [5.74, 6) is 2.90. The summed E-state index contributed by atoms with van der Waals surface area (Å²) in [5, 5.41) is 3.33. The second-order valence-electron chi connectivity index (χ2n) is 4.21. The summed E-state index contributed by atoms with van der Waals surface area (Å²) in [6.45, 7) is 5.78. The number of rotatable bonds is 6. The van der Waals surface area contributed by atoms with Crippen LogP contribution >= 0.6 is 11.8 Å². The van der Waals surface area contributed by atoms with Crippen LogP contribution in [0.2, 0.25) is 0 Å². The molecule has 0 bridgehead atoms. The third-order valence-corrected chi connectivity index (χ3v) is 3.82. The van der Waals surface area contributed by atoms with Gasteiger partial charge in [0.2, 0.25) is 0 Å². The molecule has 0 saturated carbocycles. The average Bonchev–Trinajstić information content (AvgIpc) is 2.63. The Bertz CT molecular complexity index is 371. The van der Waals surface area contributed by atoms with E-state index in [0.717, 1.165) is 50.0 Å². The Kier molecular flexibility index (Phi) is 5.68. The van der Waals surface area contributed by atoms with Crippen molar-refractivity contribution in [2.24, 2.45) is 0 Å². The summed E-state index contributed by atoms with van der Waals surface area (Å²) in [5.41, 5.74) is 0. The predicted octanol–water partition coefficient (Wildman–Crippen LogP) is 2.94. The van der Waals surface area contributed by atoms with E-state index in [-0.39, 0.29) is 0 Å². The monoisotopic (exact) mass is 267 g/mol. The number of fused-ring (bicyclic) bond motifs is 1. The van der Waals surface area contributed by atoms with Gasteiger partial charge in [-0.15, -0.1) is 11.8 Å². The molecule has 0 aliphatic carbocycles. The van der Waals surface area contributed by atoms with Crippen LogP contribution in [-0.4, -0.2) is 32.1 Å². The molecule has 0 fully saturated rings. The van der Waals surface area contributed by atoms with E-state index < -0.39 is 0 Å². The first-order valence-electron chi connectivity index (χ1n) is 6.63. The molecule has 1 aromatic carbocycles. The Balaban J connectivity index is 1.84. The van der Waals surface area contributed by atoms with Crippen LogP contribution in [0.25, 0.3) is 0 Å². The number of nitrogens with one attached hydrogen (secondary N) is 1. The van der Waals surface area contributed by atoms with E-state index >= 15 is 0 Å². The van der Waals surface area contributed by atoms with Crippen LogP contribution in [0, 0.1) is 0 Å². The van der Waals surface area contributed by atoms with Crippen molar-refractivity contribution in [2.75, 3.05) is 32.1 Å². The summed E-state index contributed by atoms with van der Waals surface area (Å²) in [6.07, 6.45) is 2.15. The molecule has 0 saturated heterocycles. The van der Waals surface area contributed by atoms with Crippen molar-refractivity contribution in [3.05, 3.63) is 18.2 Å². The van der Waals surface area contributed by atoms with Gasteiger partial charge in [0.15, 0.2) is 11.5 Å². The van der Waals surface area contributed by atoms with Crippen LogP contribution in [-0.2, 0) is 0 Å². The molecule has 100 valence electrons. The molecular weight excluding hydrogens is 246 g/mol. The topological polar surface area (TPSA) is 30.5 Å². The van der Waals surface area contributed by atoms with E-state index in [4.69, 9.17) is 9.47 Å². The van der Waals surface area contributed by atoms with Gasteiger partial charge in [0.25, 0.3) is 0 Å². The van der Waals surface area contributed by atoms with Crippen LogP contribution in [0.4, 0.5) is 0 Å². The molecule has 1 aliphatic rings. The van der Waals surface area contributed by atoms with Gasteiger partial charge in [-0.2, -0.15) is 0 Å². The van der Waals surface area contributed by atoms with Crippen LogP contribution in [0.15, 0.2) is 23.1 Å². The maximum absolute atomic E-state index is 5.68. The lowest BCUT2D eigenvalue weighted by Gasteiger charge is -2.09. The Morgan fingerprint density at radius 2 is 2.06 bits per heavy atom. The molecule has 18 heavy (non-hydrogen) atoms. The van der Waals surface area contributed by atoms with Crippen molar-refractivity contribution >= 4 is 11.8 Å². The molecule has 0 amide bonds. The van der Waals surface area contributed by atoms with Crippen LogP contribution in [0.1, 0.15) is 19.8 Å². The van der Waals surface area contributed by atoms with Gasteiger partial charge in [-0.1, -0.05) is 6.92 Å². The zero-order valence-corrected chi connectivity index (χ0v) is 11.7. The van der Waals surface area contributed by atoms with E-state index in [9.17, 15) is 0 Å². The highest BCUT2D eigenvalue weighted by molar-refractivity contribution is 7.99. The average molecular weight is 267 g/mol. The van der Waals surface area contributed by atoms with Crippen molar-refractivity contribution in [2.45, 2.75) is 24.7 Å². The molecule has 4 heteroatoms.